The third-order valence-electron chi connectivity index (χ3n) is 4.73. The maximum Gasteiger partial charge on any atom is 0.327 e. The van der Waals surface area contributed by atoms with Crippen LogP contribution in [0.1, 0.15) is 77.6 Å². The highest BCUT2D eigenvalue weighted by Crippen LogP contribution is 2.40. The molecule has 2 fully saturated rings. The molecule has 0 unspecified atom stereocenters. The van der Waals surface area contributed by atoms with Gasteiger partial charge < -0.3 is 4.74 Å². The predicted molar refractivity (Wildman–Crippen MR) is 73.9 cm³/mol. The van der Waals surface area contributed by atoms with Crippen molar-refractivity contribution in [2.45, 2.75) is 88.0 Å². The standard InChI is InChI=1S/C15H25ClO2/c1-2-14(9-5-3-6-10-14)18-13(17)15(16)11-7-4-8-12-15/h2-12H2,1H3. The van der Waals surface area contributed by atoms with Gasteiger partial charge in [-0.1, -0.05) is 32.6 Å². The number of alkyl halides is 1. The monoisotopic (exact) mass is 272 g/mol. The maximum absolute atomic E-state index is 12.4. The Bertz CT molecular complexity index is 289. The fourth-order valence-corrected chi connectivity index (χ4v) is 3.63. The average molecular weight is 273 g/mol. The molecule has 0 amide bonds. The Balaban J connectivity index is 2.00. The number of halogens is 1. The number of hydrogen-bond acceptors (Lipinski definition) is 2. The van der Waals surface area contributed by atoms with Gasteiger partial charge in [0.15, 0.2) is 0 Å². The average Bonchev–Trinajstić information content (AvgIpc) is 2.40. The predicted octanol–water partition coefficient (Wildman–Crippen LogP) is 4.58. The molecule has 0 N–H and O–H groups in total. The lowest BCUT2D eigenvalue weighted by Crippen LogP contribution is -2.44. The van der Waals surface area contributed by atoms with Crippen LogP contribution in [0.25, 0.3) is 0 Å². The van der Waals surface area contributed by atoms with E-state index in [1.165, 1.54) is 25.7 Å². The smallest absolute Gasteiger partial charge is 0.327 e. The summed E-state index contributed by atoms with van der Waals surface area (Å²) in [6.07, 6.45) is 11.4. The Morgan fingerprint density at radius 3 is 2.00 bits per heavy atom. The van der Waals surface area contributed by atoms with Crippen LogP contribution in [0.5, 0.6) is 0 Å². The molecule has 0 atom stereocenters. The SMILES string of the molecule is CCC1(OC(=O)C2(Cl)CCCCC2)CCCCC1. The largest absolute Gasteiger partial charge is 0.458 e. The number of esters is 1. The van der Waals surface area contributed by atoms with Gasteiger partial charge in [-0.15, -0.1) is 11.6 Å². The van der Waals surface area contributed by atoms with Gasteiger partial charge in [-0.2, -0.15) is 0 Å². The van der Waals surface area contributed by atoms with E-state index >= 15 is 0 Å². The number of carbonyl (C=O) groups excluding carboxylic acids is 1. The van der Waals surface area contributed by atoms with Crippen molar-refractivity contribution in [1.82, 2.24) is 0 Å². The quantitative estimate of drug-likeness (QED) is 0.555. The number of carbonyl (C=O) groups is 1. The lowest BCUT2D eigenvalue weighted by molar-refractivity contribution is -0.168. The van der Waals surface area contributed by atoms with Crippen molar-refractivity contribution >= 4 is 17.6 Å². The molecule has 2 aliphatic rings. The first-order chi connectivity index (χ1) is 8.60. The van der Waals surface area contributed by atoms with E-state index < -0.39 is 4.87 Å². The van der Waals surface area contributed by atoms with Crippen LogP contribution in [-0.2, 0) is 9.53 Å². The highest BCUT2D eigenvalue weighted by molar-refractivity contribution is 6.34. The summed E-state index contributed by atoms with van der Waals surface area (Å²) in [6, 6.07) is 0. The number of hydrogen-bond donors (Lipinski definition) is 0. The minimum Gasteiger partial charge on any atom is -0.458 e. The van der Waals surface area contributed by atoms with Crippen molar-refractivity contribution in [3.8, 4) is 0 Å². The van der Waals surface area contributed by atoms with Crippen molar-refractivity contribution in [2.24, 2.45) is 0 Å². The minimum absolute atomic E-state index is 0.146. The van der Waals surface area contributed by atoms with Gasteiger partial charge in [0.05, 0.1) is 0 Å². The van der Waals surface area contributed by atoms with Gasteiger partial charge in [0.2, 0.25) is 0 Å². The summed E-state index contributed by atoms with van der Waals surface area (Å²) in [5.74, 6) is -0.146. The van der Waals surface area contributed by atoms with Crippen molar-refractivity contribution < 1.29 is 9.53 Å². The molecule has 0 saturated heterocycles. The van der Waals surface area contributed by atoms with Crippen LogP contribution in [-0.4, -0.2) is 16.4 Å². The van der Waals surface area contributed by atoms with Crippen LogP contribution in [0.15, 0.2) is 0 Å². The minimum atomic E-state index is -0.724. The highest BCUT2D eigenvalue weighted by atomic mass is 35.5. The molecule has 2 saturated carbocycles. The van der Waals surface area contributed by atoms with Crippen molar-refractivity contribution in [1.29, 1.82) is 0 Å². The molecule has 0 aromatic heterocycles. The zero-order valence-electron chi connectivity index (χ0n) is 11.5. The summed E-state index contributed by atoms with van der Waals surface area (Å²) in [7, 11) is 0. The molecule has 2 nitrogen and oxygen atoms in total. The molecular weight excluding hydrogens is 248 g/mol. The third kappa shape index (κ3) is 3.01. The molecule has 0 bridgehead atoms. The first kappa shape index (κ1) is 14.2. The van der Waals surface area contributed by atoms with Crippen LogP contribution in [0.3, 0.4) is 0 Å². The van der Waals surface area contributed by atoms with E-state index in [0.717, 1.165) is 44.9 Å². The fraction of sp³-hybridized carbons (Fsp3) is 0.933. The first-order valence-electron chi connectivity index (χ1n) is 7.53. The molecular formula is C15H25ClO2. The summed E-state index contributed by atoms with van der Waals surface area (Å²) in [6.45, 7) is 2.13. The molecule has 2 rings (SSSR count). The van der Waals surface area contributed by atoms with Crippen LogP contribution in [0.2, 0.25) is 0 Å². The Kier molecular flexibility index (Phi) is 4.58. The Labute approximate surface area is 115 Å². The molecule has 3 heteroatoms. The molecule has 18 heavy (non-hydrogen) atoms. The second-order valence-electron chi connectivity index (χ2n) is 6.01. The summed E-state index contributed by atoms with van der Waals surface area (Å²) >= 11 is 6.49. The molecule has 2 aliphatic carbocycles. The molecule has 104 valence electrons. The third-order valence-corrected chi connectivity index (χ3v) is 5.26. The summed E-state index contributed by atoms with van der Waals surface area (Å²) in [5.41, 5.74) is -0.214. The van der Waals surface area contributed by atoms with Crippen LogP contribution < -0.4 is 0 Å². The van der Waals surface area contributed by atoms with Crippen molar-refractivity contribution in [3.05, 3.63) is 0 Å². The van der Waals surface area contributed by atoms with Gasteiger partial charge >= 0.3 is 5.97 Å². The normalized spacial score (nSPS) is 26.6. The molecule has 0 aromatic carbocycles. The summed E-state index contributed by atoms with van der Waals surface area (Å²) < 4.78 is 5.90. The molecule has 0 heterocycles. The Hall–Kier alpha value is -0.240. The number of ether oxygens (including phenoxy) is 1. The Morgan fingerprint density at radius 2 is 1.50 bits per heavy atom. The highest BCUT2D eigenvalue weighted by Gasteiger charge is 2.43. The second kappa shape index (κ2) is 5.81. The van der Waals surface area contributed by atoms with E-state index in [1.807, 2.05) is 0 Å². The van der Waals surface area contributed by atoms with Crippen LogP contribution in [0.4, 0.5) is 0 Å². The van der Waals surface area contributed by atoms with Gasteiger partial charge in [-0.25, -0.2) is 0 Å². The fourth-order valence-electron chi connectivity index (χ4n) is 3.33. The lowest BCUT2D eigenvalue weighted by Gasteiger charge is -2.39. The zero-order valence-corrected chi connectivity index (χ0v) is 12.2. The zero-order chi connectivity index (χ0) is 13.1. The van der Waals surface area contributed by atoms with Gasteiger partial charge in [0.1, 0.15) is 10.5 Å². The summed E-state index contributed by atoms with van der Waals surface area (Å²) in [4.78, 5) is 11.7. The van der Waals surface area contributed by atoms with Crippen molar-refractivity contribution in [2.75, 3.05) is 0 Å². The van der Waals surface area contributed by atoms with E-state index in [9.17, 15) is 4.79 Å². The maximum atomic E-state index is 12.4. The van der Waals surface area contributed by atoms with E-state index in [-0.39, 0.29) is 11.6 Å². The van der Waals surface area contributed by atoms with Gasteiger partial charge in [0, 0.05) is 0 Å². The first-order valence-corrected chi connectivity index (χ1v) is 7.90. The molecule has 0 radical (unpaired) electrons. The number of rotatable bonds is 3. The molecule has 0 aromatic rings. The second-order valence-corrected chi connectivity index (χ2v) is 6.74. The Morgan fingerprint density at radius 1 is 1.00 bits per heavy atom. The molecule has 0 spiro atoms. The topological polar surface area (TPSA) is 26.3 Å². The molecule has 0 aliphatic heterocycles. The van der Waals surface area contributed by atoms with Gasteiger partial charge in [-0.3, -0.25) is 4.79 Å². The van der Waals surface area contributed by atoms with Gasteiger partial charge in [-0.05, 0) is 44.9 Å². The summed E-state index contributed by atoms with van der Waals surface area (Å²) in [5, 5.41) is 0. The van der Waals surface area contributed by atoms with E-state index in [0.29, 0.717) is 0 Å². The van der Waals surface area contributed by atoms with E-state index in [2.05, 4.69) is 6.92 Å². The van der Waals surface area contributed by atoms with Crippen LogP contribution in [0, 0.1) is 0 Å². The lowest BCUT2D eigenvalue weighted by atomic mass is 9.82. The van der Waals surface area contributed by atoms with Crippen molar-refractivity contribution in [3.63, 3.8) is 0 Å². The van der Waals surface area contributed by atoms with Crippen LogP contribution >= 0.6 is 11.6 Å². The van der Waals surface area contributed by atoms with Gasteiger partial charge in [0.25, 0.3) is 0 Å². The van der Waals surface area contributed by atoms with E-state index in [1.54, 1.807) is 0 Å². The van der Waals surface area contributed by atoms with E-state index in [4.69, 9.17) is 16.3 Å².